The summed E-state index contributed by atoms with van der Waals surface area (Å²) < 4.78 is 15.9. The van der Waals surface area contributed by atoms with Gasteiger partial charge in [-0.1, -0.05) is 11.6 Å². The molecule has 0 saturated heterocycles. The zero-order valence-electron chi connectivity index (χ0n) is 14.6. The van der Waals surface area contributed by atoms with Gasteiger partial charge in [0.1, 0.15) is 17.9 Å². The topological polar surface area (TPSA) is 82.8 Å². The molecule has 1 heterocycles. The van der Waals surface area contributed by atoms with Crippen LogP contribution in [0.2, 0.25) is 5.02 Å². The van der Waals surface area contributed by atoms with Gasteiger partial charge in [0, 0.05) is 22.2 Å². The monoisotopic (exact) mass is 386 g/mol. The molecule has 27 heavy (non-hydrogen) atoms. The second-order valence-corrected chi connectivity index (χ2v) is 6.21. The first-order valence-corrected chi connectivity index (χ1v) is 8.35. The summed E-state index contributed by atoms with van der Waals surface area (Å²) in [5.74, 6) is -0.678. The van der Waals surface area contributed by atoms with Crippen molar-refractivity contribution < 1.29 is 23.5 Å². The molecule has 2 aromatic carbocycles. The van der Waals surface area contributed by atoms with Crippen LogP contribution in [0.5, 0.6) is 5.75 Å². The maximum Gasteiger partial charge on any atom is 0.374 e. The summed E-state index contributed by atoms with van der Waals surface area (Å²) in [5.41, 5.74) is 0.821. The maximum absolute atomic E-state index is 12.3. The Hall–Kier alpha value is -3.12. The molecule has 3 rings (SSSR count). The molecular weight excluding hydrogens is 372 g/mol. The third kappa shape index (κ3) is 4.01. The fourth-order valence-corrected chi connectivity index (χ4v) is 2.73. The summed E-state index contributed by atoms with van der Waals surface area (Å²) in [6, 6.07) is 10.4. The molecule has 3 aromatic rings. The number of carbonyl (C=O) groups excluding carboxylic acids is 2. The highest BCUT2D eigenvalue weighted by atomic mass is 35.5. The molecule has 0 aliphatic heterocycles. The van der Waals surface area contributed by atoms with E-state index in [9.17, 15) is 14.4 Å². The minimum absolute atomic E-state index is 0.121. The van der Waals surface area contributed by atoms with Gasteiger partial charge in [0.2, 0.25) is 5.76 Å². The van der Waals surface area contributed by atoms with Crippen LogP contribution in [0.15, 0.2) is 51.7 Å². The number of fused-ring (bicyclic) bond motifs is 1. The first kappa shape index (κ1) is 18.7. The van der Waals surface area contributed by atoms with Crippen LogP contribution in [0.1, 0.15) is 33.4 Å². The van der Waals surface area contributed by atoms with Crippen LogP contribution in [0.4, 0.5) is 0 Å². The molecular formula is C20H15ClO6. The van der Waals surface area contributed by atoms with E-state index in [-0.39, 0.29) is 29.1 Å². The van der Waals surface area contributed by atoms with Gasteiger partial charge in [-0.05, 0) is 43.3 Å². The number of hydrogen-bond acceptors (Lipinski definition) is 6. The fraction of sp³-hybridized carbons (Fsp3) is 0.150. The number of ether oxygens (including phenoxy) is 2. The second-order valence-electron chi connectivity index (χ2n) is 5.77. The van der Waals surface area contributed by atoms with Crippen molar-refractivity contribution in [2.45, 2.75) is 13.5 Å². The van der Waals surface area contributed by atoms with Gasteiger partial charge >= 0.3 is 5.97 Å². The van der Waals surface area contributed by atoms with Crippen molar-refractivity contribution in [1.82, 2.24) is 0 Å². The summed E-state index contributed by atoms with van der Waals surface area (Å²) >= 11 is 5.87. The molecule has 0 spiro atoms. The van der Waals surface area contributed by atoms with E-state index in [1.165, 1.54) is 26.2 Å². The Bertz CT molecular complexity index is 1100. The number of methoxy groups -OCH3 is 1. The standard InChI is InChI=1S/C20H15ClO6/c1-11(22)12-3-5-17(25-2)13(7-12)10-26-20(24)19-9-16(23)15-8-14(21)4-6-18(15)27-19/h3-9H,10H2,1-2H3. The van der Waals surface area contributed by atoms with Crippen molar-refractivity contribution in [3.63, 3.8) is 0 Å². The molecule has 138 valence electrons. The van der Waals surface area contributed by atoms with E-state index in [1.54, 1.807) is 24.3 Å². The molecule has 0 unspecified atom stereocenters. The largest absolute Gasteiger partial charge is 0.496 e. The van der Waals surface area contributed by atoms with Crippen LogP contribution >= 0.6 is 11.6 Å². The Morgan fingerprint density at radius 1 is 1.11 bits per heavy atom. The number of hydrogen-bond donors (Lipinski definition) is 0. The highest BCUT2D eigenvalue weighted by Gasteiger charge is 2.16. The Morgan fingerprint density at radius 2 is 1.89 bits per heavy atom. The Morgan fingerprint density at radius 3 is 2.59 bits per heavy atom. The Balaban J connectivity index is 1.85. The van der Waals surface area contributed by atoms with Crippen molar-refractivity contribution in [2.24, 2.45) is 0 Å². The number of rotatable bonds is 5. The van der Waals surface area contributed by atoms with Crippen LogP contribution < -0.4 is 10.2 Å². The molecule has 0 amide bonds. The average Bonchev–Trinajstić information content (AvgIpc) is 2.66. The minimum Gasteiger partial charge on any atom is -0.496 e. The third-order valence-corrected chi connectivity index (χ3v) is 4.17. The van der Waals surface area contributed by atoms with Gasteiger partial charge in [0.05, 0.1) is 12.5 Å². The minimum atomic E-state index is -0.806. The molecule has 6 nitrogen and oxygen atoms in total. The predicted molar refractivity (Wildman–Crippen MR) is 99.6 cm³/mol. The first-order valence-electron chi connectivity index (χ1n) is 7.97. The lowest BCUT2D eigenvalue weighted by Crippen LogP contribution is -2.11. The van der Waals surface area contributed by atoms with Crippen LogP contribution in [0.25, 0.3) is 11.0 Å². The van der Waals surface area contributed by atoms with E-state index in [1.807, 2.05) is 0 Å². The number of Topliss-reactive ketones (excluding diaryl/α,β-unsaturated/α-hetero) is 1. The molecule has 0 radical (unpaired) electrons. The van der Waals surface area contributed by atoms with E-state index in [0.717, 1.165) is 6.07 Å². The second kappa shape index (κ2) is 7.63. The van der Waals surface area contributed by atoms with Gasteiger partial charge in [-0.3, -0.25) is 9.59 Å². The van der Waals surface area contributed by atoms with Crippen LogP contribution in [-0.4, -0.2) is 18.9 Å². The first-order chi connectivity index (χ1) is 12.9. The van der Waals surface area contributed by atoms with Crippen molar-refractivity contribution in [1.29, 1.82) is 0 Å². The number of benzene rings is 2. The van der Waals surface area contributed by atoms with E-state index in [2.05, 4.69) is 0 Å². The van der Waals surface area contributed by atoms with Crippen molar-refractivity contribution in [2.75, 3.05) is 7.11 Å². The molecule has 0 atom stereocenters. The lowest BCUT2D eigenvalue weighted by molar-refractivity contribution is 0.0434. The van der Waals surface area contributed by atoms with Crippen LogP contribution in [0, 0.1) is 0 Å². The summed E-state index contributed by atoms with van der Waals surface area (Å²) in [7, 11) is 1.47. The van der Waals surface area contributed by atoms with Crippen LogP contribution in [0.3, 0.4) is 0 Å². The lowest BCUT2D eigenvalue weighted by atomic mass is 10.1. The third-order valence-electron chi connectivity index (χ3n) is 3.94. The molecule has 0 N–H and O–H groups in total. The van der Waals surface area contributed by atoms with E-state index in [4.69, 9.17) is 25.5 Å². The van der Waals surface area contributed by atoms with E-state index < -0.39 is 11.4 Å². The number of carbonyl (C=O) groups is 2. The summed E-state index contributed by atoms with van der Waals surface area (Å²) in [4.78, 5) is 36.0. The van der Waals surface area contributed by atoms with Gasteiger partial charge in [-0.15, -0.1) is 0 Å². The summed E-state index contributed by atoms with van der Waals surface area (Å²) in [6.07, 6.45) is 0. The Labute approximate surface area is 159 Å². The van der Waals surface area contributed by atoms with E-state index >= 15 is 0 Å². The highest BCUT2D eigenvalue weighted by Crippen LogP contribution is 2.22. The smallest absolute Gasteiger partial charge is 0.374 e. The quantitative estimate of drug-likeness (QED) is 0.486. The molecule has 0 aliphatic carbocycles. The molecule has 1 aromatic heterocycles. The molecule has 0 aliphatic rings. The maximum atomic E-state index is 12.3. The Kier molecular flexibility index (Phi) is 5.28. The van der Waals surface area contributed by atoms with Crippen molar-refractivity contribution in [3.05, 3.63) is 74.6 Å². The van der Waals surface area contributed by atoms with Gasteiger partial charge in [0.25, 0.3) is 0 Å². The predicted octanol–water partition coefficient (Wildman–Crippen LogP) is 4.01. The SMILES string of the molecule is COc1ccc(C(C)=O)cc1COC(=O)c1cc(=O)c2cc(Cl)ccc2o1. The number of esters is 1. The van der Waals surface area contributed by atoms with E-state index in [0.29, 0.717) is 21.9 Å². The van der Waals surface area contributed by atoms with Crippen molar-refractivity contribution >= 4 is 34.3 Å². The zero-order valence-corrected chi connectivity index (χ0v) is 15.3. The molecule has 0 saturated carbocycles. The van der Waals surface area contributed by atoms with Gasteiger partial charge in [0.15, 0.2) is 11.2 Å². The van der Waals surface area contributed by atoms with Gasteiger partial charge in [-0.25, -0.2) is 4.79 Å². The normalized spacial score (nSPS) is 10.6. The highest BCUT2D eigenvalue weighted by molar-refractivity contribution is 6.31. The lowest BCUT2D eigenvalue weighted by Gasteiger charge is -2.10. The van der Waals surface area contributed by atoms with Crippen molar-refractivity contribution in [3.8, 4) is 5.75 Å². The number of halogens is 1. The fourth-order valence-electron chi connectivity index (χ4n) is 2.55. The molecule has 7 heteroatoms. The molecule has 0 bridgehead atoms. The zero-order chi connectivity index (χ0) is 19.6. The summed E-state index contributed by atoms with van der Waals surface area (Å²) in [5, 5.41) is 0.664. The molecule has 0 fully saturated rings. The average molecular weight is 387 g/mol. The van der Waals surface area contributed by atoms with Gasteiger partial charge < -0.3 is 13.9 Å². The van der Waals surface area contributed by atoms with Crippen LogP contribution in [-0.2, 0) is 11.3 Å². The summed E-state index contributed by atoms with van der Waals surface area (Å²) in [6.45, 7) is 1.29. The number of ketones is 1. The van der Waals surface area contributed by atoms with Gasteiger partial charge in [-0.2, -0.15) is 0 Å².